The number of H-pyrrole nitrogens is 1. The molecule has 19 nitrogen and oxygen atoms in total. The number of aryl methyl sites for hydroxylation is 2. The molecule has 0 spiro atoms. The molecular formula is C46H50F2N14O5Si. The van der Waals surface area contributed by atoms with Crippen LogP contribution in [-0.2, 0) is 35.0 Å². The number of aromatic nitrogens is 10. The number of nitrogens with zero attached hydrogens (tertiary/aromatic N) is 11. The predicted molar refractivity (Wildman–Crippen MR) is 252 cm³/mol. The molecule has 8 rings (SSSR count). The monoisotopic (exact) mass is 944 g/mol. The summed E-state index contributed by atoms with van der Waals surface area (Å²) < 4.78 is 48.7. The van der Waals surface area contributed by atoms with Crippen LogP contribution < -0.4 is 10.6 Å². The van der Waals surface area contributed by atoms with Crippen LogP contribution in [0.5, 0.6) is 0 Å². The van der Waals surface area contributed by atoms with E-state index in [1.165, 1.54) is 24.3 Å². The summed E-state index contributed by atoms with van der Waals surface area (Å²) in [6.45, 7) is 11.6. The molecule has 68 heavy (non-hydrogen) atoms. The van der Waals surface area contributed by atoms with Crippen LogP contribution >= 0.6 is 0 Å². The van der Waals surface area contributed by atoms with E-state index in [4.69, 9.17) is 29.7 Å². The lowest BCUT2D eigenvalue weighted by Crippen LogP contribution is -2.36. The Kier molecular flexibility index (Phi) is 14.9. The second kappa shape index (κ2) is 21.0. The van der Waals surface area contributed by atoms with Crippen molar-refractivity contribution < 1.29 is 32.6 Å². The number of hydrogen-bond acceptors (Lipinski definition) is 13. The first-order valence-electron chi connectivity index (χ1n) is 21.6. The van der Waals surface area contributed by atoms with Gasteiger partial charge in [-0.25, -0.2) is 28.7 Å². The molecule has 6 aromatic heterocycles. The van der Waals surface area contributed by atoms with Gasteiger partial charge in [0.1, 0.15) is 65.4 Å². The molecule has 0 aliphatic heterocycles. The molecule has 0 aliphatic rings. The molecule has 0 saturated carbocycles. The highest BCUT2D eigenvalue weighted by atomic mass is 28.3. The number of rotatable bonds is 17. The Balaban J connectivity index is 0.000000207. The topological polar surface area (TPSA) is 241 Å². The number of hydrogen-bond donors (Lipinski definition) is 3. The minimum Gasteiger partial charge on any atom is -0.364 e. The van der Waals surface area contributed by atoms with E-state index in [1.807, 2.05) is 12.1 Å². The van der Waals surface area contributed by atoms with E-state index in [0.717, 1.165) is 16.8 Å². The first-order chi connectivity index (χ1) is 32.5. The number of carbonyl (C=O) groups is 2. The number of nitriles is 2. The van der Waals surface area contributed by atoms with Crippen molar-refractivity contribution in [2.24, 2.45) is 14.1 Å². The van der Waals surface area contributed by atoms with E-state index >= 15 is 0 Å². The number of carbonyl (C=O) groups excluding carboxylic acids is 2. The van der Waals surface area contributed by atoms with Gasteiger partial charge in [0, 0.05) is 64.0 Å². The zero-order chi connectivity index (χ0) is 48.7. The first kappa shape index (κ1) is 48.4. The molecule has 352 valence electrons. The normalized spacial score (nSPS) is 12.5. The highest BCUT2D eigenvalue weighted by molar-refractivity contribution is 6.76. The Morgan fingerprint density at radius 2 is 1.31 bits per heavy atom. The lowest BCUT2D eigenvalue weighted by Gasteiger charge is -2.15. The van der Waals surface area contributed by atoms with E-state index in [1.54, 1.807) is 78.8 Å². The van der Waals surface area contributed by atoms with Crippen molar-refractivity contribution in [3.63, 3.8) is 0 Å². The summed E-state index contributed by atoms with van der Waals surface area (Å²) in [4.78, 5) is 47.3. The highest BCUT2D eigenvalue weighted by Crippen LogP contribution is 2.30. The molecule has 2 aromatic carbocycles. The maximum absolute atomic E-state index is 13.8. The Labute approximate surface area is 390 Å². The Bertz CT molecular complexity index is 3220. The van der Waals surface area contributed by atoms with Crippen molar-refractivity contribution in [1.82, 2.24) is 59.7 Å². The summed E-state index contributed by atoms with van der Waals surface area (Å²) in [6, 6.07) is 13.1. The summed E-state index contributed by atoms with van der Waals surface area (Å²) in [5, 5.41) is 33.4. The summed E-state index contributed by atoms with van der Waals surface area (Å²) in [7, 11) is 2.21. The molecule has 3 N–H and O–H groups in total. The maximum Gasteiger partial charge on any atom is 0.255 e. The molecule has 2 atom stereocenters. The highest BCUT2D eigenvalue weighted by Gasteiger charge is 2.23. The van der Waals surface area contributed by atoms with Gasteiger partial charge >= 0.3 is 0 Å². The lowest BCUT2D eigenvalue weighted by molar-refractivity contribution is 0.0870. The average molecular weight is 945 g/mol. The number of ether oxygens (including phenoxy) is 3. The Hall–Kier alpha value is -7.50. The molecule has 2 amide bonds. The van der Waals surface area contributed by atoms with Crippen molar-refractivity contribution in [2.45, 2.75) is 58.3 Å². The Morgan fingerprint density at radius 1 is 0.779 bits per heavy atom. The first-order valence-corrected chi connectivity index (χ1v) is 25.3. The van der Waals surface area contributed by atoms with Gasteiger partial charge in [0.15, 0.2) is 11.3 Å². The second-order valence-corrected chi connectivity index (χ2v) is 22.9. The molecule has 0 saturated heterocycles. The minimum absolute atomic E-state index is 0.0376. The molecule has 22 heteroatoms. The fourth-order valence-electron chi connectivity index (χ4n) is 7.24. The van der Waals surface area contributed by atoms with Crippen molar-refractivity contribution in [3.8, 4) is 34.9 Å². The van der Waals surface area contributed by atoms with Crippen molar-refractivity contribution in [3.05, 3.63) is 83.9 Å². The van der Waals surface area contributed by atoms with Crippen LogP contribution in [0.25, 0.3) is 66.9 Å². The smallest absolute Gasteiger partial charge is 0.255 e. The standard InChI is InChI=1S/C26H32FN7O3Si.C20H18FN7O2/c1-17(15-36-9-8-28)30-26(35)20-14-34(16-37-10-11-38(3,4)5)25-24(20)31-21(13-29-25)23-19-7-6-18(27)12-22(19)33(2)32-23;1-11(10-30-6-5-22)25-20(29)14-8-23-19-18(14)26-15(9-24-19)17-13-4-3-12(21)7-16(13)28(2)27-17/h6-7,12-14,17H,9-11,15-16H2,1-5H3,(H,30,35);3-4,7-9,11H,6,10H2,1-2H3,(H,23,24)(H,25,29)/t17-;11-/m00/s1. The van der Waals surface area contributed by atoms with Crippen LogP contribution in [0.2, 0.25) is 25.7 Å². The third kappa shape index (κ3) is 11.2. The molecule has 0 fully saturated rings. The van der Waals surface area contributed by atoms with Crippen LogP contribution in [0.1, 0.15) is 34.6 Å². The summed E-state index contributed by atoms with van der Waals surface area (Å²) in [5.41, 5.74) is 5.72. The van der Waals surface area contributed by atoms with Gasteiger partial charge in [-0.15, -0.1) is 0 Å². The third-order valence-electron chi connectivity index (χ3n) is 10.6. The van der Waals surface area contributed by atoms with E-state index in [9.17, 15) is 18.4 Å². The lowest BCUT2D eigenvalue weighted by atomic mass is 10.1. The number of benzene rings is 2. The van der Waals surface area contributed by atoms with Gasteiger partial charge in [0.2, 0.25) is 0 Å². The van der Waals surface area contributed by atoms with Crippen LogP contribution in [0.3, 0.4) is 0 Å². The molecular weight excluding hydrogens is 895 g/mol. The van der Waals surface area contributed by atoms with Gasteiger partial charge in [-0.05, 0) is 56.3 Å². The molecule has 0 radical (unpaired) electrons. The molecule has 6 heterocycles. The van der Waals surface area contributed by atoms with Crippen molar-refractivity contribution in [2.75, 3.05) is 33.0 Å². The van der Waals surface area contributed by atoms with Gasteiger partial charge in [0.05, 0.1) is 59.9 Å². The molecule has 0 aliphatic carbocycles. The number of nitrogens with one attached hydrogen (secondary N) is 3. The van der Waals surface area contributed by atoms with Gasteiger partial charge in [-0.2, -0.15) is 20.7 Å². The van der Waals surface area contributed by atoms with Gasteiger partial charge in [0.25, 0.3) is 11.8 Å². The van der Waals surface area contributed by atoms with E-state index in [-0.39, 0.29) is 68.7 Å². The Morgan fingerprint density at radius 3 is 1.85 bits per heavy atom. The molecule has 0 unspecified atom stereocenters. The van der Waals surface area contributed by atoms with Gasteiger partial charge in [-0.3, -0.25) is 19.0 Å². The van der Waals surface area contributed by atoms with Crippen LogP contribution in [-0.4, -0.2) is 114 Å². The van der Waals surface area contributed by atoms with E-state index in [0.29, 0.717) is 73.9 Å². The van der Waals surface area contributed by atoms with E-state index in [2.05, 4.69) is 60.4 Å². The maximum atomic E-state index is 13.8. The quantitative estimate of drug-likeness (QED) is 0.0662. The predicted octanol–water partition coefficient (Wildman–Crippen LogP) is 6.40. The van der Waals surface area contributed by atoms with Crippen LogP contribution in [0.15, 0.2) is 61.2 Å². The minimum atomic E-state index is -1.25. The number of halogens is 2. The van der Waals surface area contributed by atoms with Gasteiger partial charge < -0.3 is 34.4 Å². The van der Waals surface area contributed by atoms with Crippen molar-refractivity contribution >= 4 is 64.0 Å². The fraction of sp³-hybridized carbons (Fsp3) is 0.348. The molecule has 8 aromatic rings. The zero-order valence-electron chi connectivity index (χ0n) is 38.6. The molecule has 0 bridgehead atoms. The third-order valence-corrected chi connectivity index (χ3v) is 12.3. The number of amides is 2. The van der Waals surface area contributed by atoms with Crippen LogP contribution in [0.4, 0.5) is 8.78 Å². The summed E-state index contributed by atoms with van der Waals surface area (Å²) >= 11 is 0. The van der Waals surface area contributed by atoms with E-state index < -0.39 is 8.07 Å². The number of aromatic amines is 1. The SMILES string of the molecule is C[C@@H](COCC#N)NC(=O)c1c[nH]c2ncc(-c3nn(C)c4cc(F)ccc34)nc12.C[C@@H](COCC#N)NC(=O)c1cn(COCC[Si](C)(C)C)c2ncc(-c3nn(C)c4cc(F)ccc34)nc12. The second-order valence-electron chi connectivity index (χ2n) is 17.3. The van der Waals surface area contributed by atoms with Crippen LogP contribution in [0, 0.1) is 34.3 Å². The van der Waals surface area contributed by atoms with Crippen molar-refractivity contribution in [1.29, 1.82) is 10.5 Å². The van der Waals surface area contributed by atoms with Gasteiger partial charge in [-0.1, -0.05) is 19.6 Å². The summed E-state index contributed by atoms with van der Waals surface area (Å²) in [5.74, 6) is -1.39. The fourth-order valence-corrected chi connectivity index (χ4v) is 8.00. The zero-order valence-corrected chi connectivity index (χ0v) is 39.6. The summed E-state index contributed by atoms with van der Waals surface area (Å²) in [6.07, 6.45) is 6.39. The largest absolute Gasteiger partial charge is 0.364 e. The number of fused-ring (bicyclic) bond motifs is 4. The average Bonchev–Trinajstić information content (AvgIpc) is 4.06.